The van der Waals surface area contributed by atoms with E-state index < -0.39 is 27.4 Å². The summed E-state index contributed by atoms with van der Waals surface area (Å²) >= 11 is 0. The molecule has 7 heteroatoms. The standard InChI is InChI=1S/C14H19F2NO3S/c15-12-5-4-11(14(16)7-12)9-21(19,20)17-8-10-2-1-3-13(18)6-10/h4-5,7,10,13,17-18H,1-3,6,8-9H2. The van der Waals surface area contributed by atoms with Crippen LogP contribution in [0.5, 0.6) is 0 Å². The first-order chi connectivity index (χ1) is 9.85. The van der Waals surface area contributed by atoms with Gasteiger partial charge in [-0.25, -0.2) is 21.9 Å². The van der Waals surface area contributed by atoms with Gasteiger partial charge in [-0.15, -0.1) is 0 Å². The molecule has 0 aromatic heterocycles. The Balaban J connectivity index is 1.92. The van der Waals surface area contributed by atoms with Gasteiger partial charge in [0.25, 0.3) is 0 Å². The second-order valence-electron chi connectivity index (χ2n) is 5.53. The molecule has 0 radical (unpaired) electrons. The normalized spacial score (nSPS) is 23.2. The molecule has 21 heavy (non-hydrogen) atoms. The summed E-state index contributed by atoms with van der Waals surface area (Å²) < 4.78 is 52.5. The molecule has 1 aromatic carbocycles. The molecule has 1 saturated carbocycles. The Morgan fingerprint density at radius 1 is 1.29 bits per heavy atom. The number of halogens is 2. The minimum Gasteiger partial charge on any atom is -0.393 e. The van der Waals surface area contributed by atoms with Crippen LogP contribution in [0.1, 0.15) is 31.2 Å². The maximum absolute atomic E-state index is 13.5. The third kappa shape index (κ3) is 5.01. The van der Waals surface area contributed by atoms with Crippen LogP contribution in [0, 0.1) is 17.6 Å². The van der Waals surface area contributed by atoms with Crippen molar-refractivity contribution in [1.82, 2.24) is 4.72 Å². The van der Waals surface area contributed by atoms with E-state index in [0.29, 0.717) is 12.5 Å². The van der Waals surface area contributed by atoms with Crippen molar-refractivity contribution < 1.29 is 22.3 Å². The lowest BCUT2D eigenvalue weighted by Crippen LogP contribution is -2.33. The van der Waals surface area contributed by atoms with Gasteiger partial charge in [0.15, 0.2) is 0 Å². The minimum absolute atomic E-state index is 0.0624. The summed E-state index contributed by atoms with van der Waals surface area (Å²) in [7, 11) is -3.68. The van der Waals surface area contributed by atoms with Gasteiger partial charge < -0.3 is 5.11 Å². The average molecular weight is 319 g/mol. The summed E-state index contributed by atoms with van der Waals surface area (Å²) in [5.41, 5.74) is -0.0624. The van der Waals surface area contributed by atoms with E-state index in [1.165, 1.54) is 0 Å². The van der Waals surface area contributed by atoms with Gasteiger partial charge in [-0.3, -0.25) is 0 Å². The van der Waals surface area contributed by atoms with E-state index in [4.69, 9.17) is 0 Å². The van der Waals surface area contributed by atoms with Gasteiger partial charge in [0.05, 0.1) is 11.9 Å². The summed E-state index contributed by atoms with van der Waals surface area (Å²) in [4.78, 5) is 0. The van der Waals surface area contributed by atoms with Crippen LogP contribution in [0.25, 0.3) is 0 Å². The third-order valence-corrected chi connectivity index (χ3v) is 5.01. The second-order valence-corrected chi connectivity index (χ2v) is 7.34. The van der Waals surface area contributed by atoms with Crippen LogP contribution in [0.2, 0.25) is 0 Å². The lowest BCUT2D eigenvalue weighted by Gasteiger charge is -2.25. The lowest BCUT2D eigenvalue weighted by molar-refractivity contribution is 0.102. The number of hydrogen-bond acceptors (Lipinski definition) is 3. The van der Waals surface area contributed by atoms with E-state index in [2.05, 4.69) is 4.72 Å². The Hall–Kier alpha value is -1.05. The van der Waals surface area contributed by atoms with Gasteiger partial charge in [0.1, 0.15) is 11.6 Å². The van der Waals surface area contributed by atoms with Crippen molar-refractivity contribution in [2.75, 3.05) is 6.54 Å². The molecule has 0 heterocycles. The summed E-state index contributed by atoms with van der Waals surface area (Å²) in [6, 6.07) is 2.84. The molecule has 1 aromatic rings. The van der Waals surface area contributed by atoms with Crippen molar-refractivity contribution in [3.8, 4) is 0 Å². The number of sulfonamides is 1. The fourth-order valence-electron chi connectivity index (χ4n) is 2.59. The van der Waals surface area contributed by atoms with Crippen LogP contribution in [-0.2, 0) is 15.8 Å². The number of nitrogens with one attached hydrogen (secondary N) is 1. The predicted octanol–water partition coefficient (Wildman–Crippen LogP) is 1.94. The highest BCUT2D eigenvalue weighted by molar-refractivity contribution is 7.88. The zero-order chi connectivity index (χ0) is 15.5. The fraction of sp³-hybridized carbons (Fsp3) is 0.571. The van der Waals surface area contributed by atoms with E-state index >= 15 is 0 Å². The van der Waals surface area contributed by atoms with Crippen molar-refractivity contribution in [3.05, 3.63) is 35.4 Å². The zero-order valence-corrected chi connectivity index (χ0v) is 12.4. The maximum atomic E-state index is 13.5. The summed E-state index contributed by atoms with van der Waals surface area (Å²) in [5.74, 6) is -2.03. The highest BCUT2D eigenvalue weighted by atomic mass is 32.2. The summed E-state index contributed by atoms with van der Waals surface area (Å²) in [5, 5.41) is 9.54. The molecule has 2 unspecified atom stereocenters. The second kappa shape index (κ2) is 6.81. The molecule has 2 atom stereocenters. The van der Waals surface area contributed by atoms with Gasteiger partial charge >= 0.3 is 0 Å². The van der Waals surface area contributed by atoms with Gasteiger partial charge in [0.2, 0.25) is 10.0 Å². The summed E-state index contributed by atoms with van der Waals surface area (Å²) in [6.45, 7) is 0.238. The number of benzene rings is 1. The SMILES string of the molecule is O=S(=O)(Cc1ccc(F)cc1F)NCC1CCCC(O)C1. The van der Waals surface area contributed by atoms with E-state index in [0.717, 1.165) is 31.4 Å². The zero-order valence-electron chi connectivity index (χ0n) is 11.6. The first-order valence-corrected chi connectivity index (χ1v) is 8.60. The largest absolute Gasteiger partial charge is 0.393 e. The maximum Gasteiger partial charge on any atom is 0.215 e. The Morgan fingerprint density at radius 2 is 2.05 bits per heavy atom. The highest BCUT2D eigenvalue weighted by Gasteiger charge is 2.22. The van der Waals surface area contributed by atoms with E-state index in [1.807, 2.05) is 0 Å². The molecule has 1 aliphatic carbocycles. The van der Waals surface area contributed by atoms with Gasteiger partial charge in [-0.2, -0.15) is 0 Å². The van der Waals surface area contributed by atoms with Crippen molar-refractivity contribution in [2.24, 2.45) is 5.92 Å². The molecule has 1 aliphatic rings. The molecule has 2 rings (SSSR count). The van der Waals surface area contributed by atoms with Crippen molar-refractivity contribution in [1.29, 1.82) is 0 Å². The predicted molar refractivity (Wildman–Crippen MR) is 74.9 cm³/mol. The molecule has 0 amide bonds. The quantitative estimate of drug-likeness (QED) is 0.871. The topological polar surface area (TPSA) is 66.4 Å². The Labute approximate surface area is 123 Å². The fourth-order valence-corrected chi connectivity index (χ4v) is 3.82. The van der Waals surface area contributed by atoms with Crippen LogP contribution in [0.15, 0.2) is 18.2 Å². The number of hydrogen-bond donors (Lipinski definition) is 2. The molecule has 0 spiro atoms. The van der Waals surface area contributed by atoms with Gasteiger partial charge in [0, 0.05) is 18.2 Å². The number of aliphatic hydroxyl groups is 1. The summed E-state index contributed by atoms with van der Waals surface area (Å²) in [6.07, 6.45) is 2.70. The molecule has 2 N–H and O–H groups in total. The average Bonchev–Trinajstić information content (AvgIpc) is 2.40. The Morgan fingerprint density at radius 3 is 2.71 bits per heavy atom. The Kier molecular flexibility index (Phi) is 5.29. The lowest BCUT2D eigenvalue weighted by atomic mass is 9.87. The molecular formula is C14H19F2NO3S. The van der Waals surface area contributed by atoms with Crippen LogP contribution in [0.3, 0.4) is 0 Å². The van der Waals surface area contributed by atoms with E-state index in [1.54, 1.807) is 0 Å². The Bertz CT molecular complexity index is 592. The first kappa shape index (κ1) is 16.3. The van der Waals surface area contributed by atoms with Gasteiger partial charge in [-0.1, -0.05) is 12.5 Å². The molecular weight excluding hydrogens is 300 g/mol. The number of aliphatic hydroxyl groups excluding tert-OH is 1. The van der Waals surface area contributed by atoms with Crippen LogP contribution >= 0.6 is 0 Å². The monoisotopic (exact) mass is 319 g/mol. The van der Waals surface area contributed by atoms with E-state index in [9.17, 15) is 22.3 Å². The molecule has 118 valence electrons. The number of rotatable bonds is 5. The van der Waals surface area contributed by atoms with Crippen molar-refractivity contribution in [2.45, 2.75) is 37.5 Å². The van der Waals surface area contributed by atoms with Gasteiger partial charge in [-0.05, 0) is 31.2 Å². The molecule has 0 bridgehead atoms. The molecule has 0 saturated heterocycles. The molecule has 0 aliphatic heterocycles. The smallest absolute Gasteiger partial charge is 0.215 e. The van der Waals surface area contributed by atoms with Crippen molar-refractivity contribution in [3.63, 3.8) is 0 Å². The minimum atomic E-state index is -3.68. The molecule has 1 fully saturated rings. The van der Waals surface area contributed by atoms with Crippen LogP contribution < -0.4 is 4.72 Å². The highest BCUT2D eigenvalue weighted by Crippen LogP contribution is 2.23. The van der Waals surface area contributed by atoms with E-state index in [-0.39, 0.29) is 24.1 Å². The van der Waals surface area contributed by atoms with Crippen molar-refractivity contribution >= 4 is 10.0 Å². The van der Waals surface area contributed by atoms with Crippen LogP contribution in [0.4, 0.5) is 8.78 Å². The first-order valence-electron chi connectivity index (χ1n) is 6.95. The van der Waals surface area contributed by atoms with Crippen LogP contribution in [-0.4, -0.2) is 26.2 Å². The third-order valence-electron chi connectivity index (χ3n) is 3.71. The molecule has 4 nitrogen and oxygen atoms in total.